The maximum Gasteiger partial charge on any atom is 0.243 e. The standard InChI is InChI=1S/C26H35ClN2O3S/c1-5-19(3)28-26(31)24(6-2)29(18-20-9-7-10-22(17-20)32-4)25(30)11-8-16-33-23-14-12-21(27)13-15-23/h7,9-10,12-15,17,19,24H,5-6,8,11,16,18H2,1-4H3,(H,28,31)/t19-,24-/m1/s1. The second-order valence-corrected chi connectivity index (χ2v) is 9.63. The van der Waals surface area contributed by atoms with E-state index in [1.54, 1.807) is 23.8 Å². The predicted octanol–water partition coefficient (Wildman–Crippen LogP) is 5.94. The molecule has 2 amide bonds. The van der Waals surface area contributed by atoms with Gasteiger partial charge in [-0.2, -0.15) is 0 Å². The molecule has 0 radical (unpaired) electrons. The molecule has 0 saturated heterocycles. The van der Waals surface area contributed by atoms with Crippen molar-refractivity contribution in [3.8, 4) is 5.75 Å². The Bertz CT molecular complexity index is 891. The molecule has 1 N–H and O–H groups in total. The normalized spacial score (nSPS) is 12.6. The van der Waals surface area contributed by atoms with E-state index in [2.05, 4.69) is 5.32 Å². The van der Waals surface area contributed by atoms with Gasteiger partial charge in [0.2, 0.25) is 11.8 Å². The number of nitrogens with one attached hydrogen (secondary N) is 1. The molecule has 2 atom stereocenters. The maximum absolute atomic E-state index is 13.3. The largest absolute Gasteiger partial charge is 0.497 e. The SMILES string of the molecule is CC[C@@H](C)NC(=O)[C@@H](CC)N(Cc1cccc(OC)c1)C(=O)CCCSc1ccc(Cl)cc1. The Morgan fingerprint density at radius 1 is 1.12 bits per heavy atom. The first-order chi connectivity index (χ1) is 15.9. The van der Waals surface area contributed by atoms with Crippen molar-refractivity contribution < 1.29 is 14.3 Å². The molecule has 0 saturated carbocycles. The molecule has 5 nitrogen and oxygen atoms in total. The predicted molar refractivity (Wildman–Crippen MR) is 137 cm³/mol. The molecule has 2 rings (SSSR count). The van der Waals surface area contributed by atoms with E-state index in [0.29, 0.717) is 24.4 Å². The molecule has 180 valence electrons. The van der Waals surface area contributed by atoms with E-state index in [4.69, 9.17) is 16.3 Å². The minimum Gasteiger partial charge on any atom is -0.497 e. The lowest BCUT2D eigenvalue weighted by atomic mass is 10.1. The Labute approximate surface area is 207 Å². The van der Waals surface area contributed by atoms with Crippen molar-refractivity contribution in [2.75, 3.05) is 12.9 Å². The average molecular weight is 491 g/mol. The molecule has 0 bridgehead atoms. The van der Waals surface area contributed by atoms with Crippen LogP contribution in [0.25, 0.3) is 0 Å². The maximum atomic E-state index is 13.3. The number of ether oxygens (including phenoxy) is 1. The minimum absolute atomic E-state index is 0.0133. The fraction of sp³-hybridized carbons (Fsp3) is 0.462. The van der Waals surface area contributed by atoms with E-state index >= 15 is 0 Å². The van der Waals surface area contributed by atoms with Crippen LogP contribution >= 0.6 is 23.4 Å². The summed E-state index contributed by atoms with van der Waals surface area (Å²) in [5, 5.41) is 3.76. The van der Waals surface area contributed by atoms with Crippen LogP contribution in [0.15, 0.2) is 53.4 Å². The molecular weight excluding hydrogens is 456 g/mol. The van der Waals surface area contributed by atoms with Gasteiger partial charge < -0.3 is 15.0 Å². The summed E-state index contributed by atoms with van der Waals surface area (Å²) >= 11 is 7.64. The van der Waals surface area contributed by atoms with Crippen LogP contribution in [-0.4, -0.2) is 41.7 Å². The summed E-state index contributed by atoms with van der Waals surface area (Å²) in [6.07, 6.45) is 2.51. The van der Waals surface area contributed by atoms with Gasteiger partial charge in [-0.25, -0.2) is 0 Å². The Kier molecular flexibility index (Phi) is 11.6. The summed E-state index contributed by atoms with van der Waals surface area (Å²) in [7, 11) is 1.62. The van der Waals surface area contributed by atoms with Gasteiger partial charge in [0.15, 0.2) is 0 Å². The number of benzene rings is 2. The van der Waals surface area contributed by atoms with Gasteiger partial charge in [-0.15, -0.1) is 11.8 Å². The highest BCUT2D eigenvalue weighted by Crippen LogP contribution is 2.23. The fourth-order valence-electron chi connectivity index (χ4n) is 3.42. The quantitative estimate of drug-likeness (QED) is 0.278. The first-order valence-corrected chi connectivity index (χ1v) is 12.8. The summed E-state index contributed by atoms with van der Waals surface area (Å²) in [6, 6.07) is 14.9. The highest BCUT2D eigenvalue weighted by Gasteiger charge is 2.29. The van der Waals surface area contributed by atoms with Crippen molar-refractivity contribution in [1.82, 2.24) is 10.2 Å². The molecule has 0 aliphatic carbocycles. The molecule has 0 spiro atoms. The highest BCUT2D eigenvalue weighted by molar-refractivity contribution is 7.99. The second-order valence-electron chi connectivity index (χ2n) is 8.02. The summed E-state index contributed by atoms with van der Waals surface area (Å²) in [6.45, 7) is 6.33. The smallest absolute Gasteiger partial charge is 0.243 e. The lowest BCUT2D eigenvalue weighted by molar-refractivity contribution is -0.141. The number of methoxy groups -OCH3 is 1. The third kappa shape index (κ3) is 8.94. The van der Waals surface area contributed by atoms with Crippen molar-refractivity contribution in [3.05, 3.63) is 59.1 Å². The number of carbonyl (C=O) groups excluding carboxylic acids is 2. The van der Waals surface area contributed by atoms with Gasteiger partial charge in [0.1, 0.15) is 11.8 Å². The summed E-state index contributed by atoms with van der Waals surface area (Å²) < 4.78 is 5.33. The number of hydrogen-bond acceptors (Lipinski definition) is 4. The first-order valence-electron chi connectivity index (χ1n) is 11.5. The Hall–Kier alpha value is -2.18. The summed E-state index contributed by atoms with van der Waals surface area (Å²) in [5.41, 5.74) is 0.938. The highest BCUT2D eigenvalue weighted by atomic mass is 35.5. The third-order valence-electron chi connectivity index (χ3n) is 5.49. The van der Waals surface area contributed by atoms with Crippen LogP contribution in [0.1, 0.15) is 52.0 Å². The number of rotatable bonds is 13. The Morgan fingerprint density at radius 2 is 1.85 bits per heavy atom. The molecule has 2 aromatic carbocycles. The van der Waals surface area contributed by atoms with Crippen LogP contribution in [-0.2, 0) is 16.1 Å². The Balaban J connectivity index is 2.09. The molecule has 0 heterocycles. The van der Waals surface area contributed by atoms with E-state index in [1.807, 2.05) is 69.3 Å². The lowest BCUT2D eigenvalue weighted by Gasteiger charge is -2.31. The minimum atomic E-state index is -0.512. The van der Waals surface area contributed by atoms with E-state index in [9.17, 15) is 9.59 Å². The van der Waals surface area contributed by atoms with Gasteiger partial charge in [0.25, 0.3) is 0 Å². The molecule has 7 heteroatoms. The van der Waals surface area contributed by atoms with E-state index in [1.165, 1.54) is 0 Å². The summed E-state index contributed by atoms with van der Waals surface area (Å²) in [4.78, 5) is 29.2. The molecule has 0 aliphatic rings. The van der Waals surface area contributed by atoms with Gasteiger partial charge in [-0.3, -0.25) is 9.59 Å². The van der Waals surface area contributed by atoms with Gasteiger partial charge in [0.05, 0.1) is 7.11 Å². The number of carbonyl (C=O) groups is 2. The fourth-order valence-corrected chi connectivity index (χ4v) is 4.39. The third-order valence-corrected chi connectivity index (χ3v) is 6.84. The number of amides is 2. The van der Waals surface area contributed by atoms with E-state index in [-0.39, 0.29) is 17.9 Å². The van der Waals surface area contributed by atoms with Crippen LogP contribution in [0.3, 0.4) is 0 Å². The second kappa shape index (κ2) is 14.2. The zero-order chi connectivity index (χ0) is 24.2. The zero-order valence-electron chi connectivity index (χ0n) is 20.0. The van der Waals surface area contributed by atoms with E-state index in [0.717, 1.165) is 34.8 Å². The number of nitrogens with zero attached hydrogens (tertiary/aromatic N) is 1. The van der Waals surface area contributed by atoms with E-state index < -0.39 is 6.04 Å². The van der Waals surface area contributed by atoms with Gasteiger partial charge in [-0.05, 0) is 73.9 Å². The van der Waals surface area contributed by atoms with Crippen molar-refractivity contribution >= 4 is 35.2 Å². The van der Waals surface area contributed by atoms with Crippen LogP contribution in [0.2, 0.25) is 5.02 Å². The molecule has 0 aliphatic heterocycles. The van der Waals surface area contributed by atoms with Gasteiger partial charge >= 0.3 is 0 Å². The number of thioether (sulfide) groups is 1. The van der Waals surface area contributed by atoms with Crippen molar-refractivity contribution in [3.63, 3.8) is 0 Å². The zero-order valence-corrected chi connectivity index (χ0v) is 21.5. The molecule has 0 unspecified atom stereocenters. The molecule has 33 heavy (non-hydrogen) atoms. The molecule has 2 aromatic rings. The summed E-state index contributed by atoms with van der Waals surface area (Å²) in [5.74, 6) is 1.44. The monoisotopic (exact) mass is 490 g/mol. The van der Waals surface area contributed by atoms with Crippen molar-refractivity contribution in [2.24, 2.45) is 0 Å². The first kappa shape index (κ1) is 27.1. The van der Waals surface area contributed by atoms with Crippen molar-refractivity contribution in [1.29, 1.82) is 0 Å². The molecular formula is C26H35ClN2O3S. The van der Waals surface area contributed by atoms with Crippen molar-refractivity contribution in [2.45, 2.75) is 70.0 Å². The van der Waals surface area contributed by atoms with Gasteiger partial charge in [0, 0.05) is 28.9 Å². The van der Waals surface area contributed by atoms with Gasteiger partial charge in [-0.1, -0.05) is 37.6 Å². The molecule has 0 fully saturated rings. The van der Waals surface area contributed by atoms with Crippen LogP contribution in [0.4, 0.5) is 0 Å². The van der Waals surface area contributed by atoms with Crippen LogP contribution in [0.5, 0.6) is 5.75 Å². The Morgan fingerprint density at radius 3 is 2.48 bits per heavy atom. The molecule has 0 aromatic heterocycles. The van der Waals surface area contributed by atoms with Crippen LogP contribution < -0.4 is 10.1 Å². The van der Waals surface area contributed by atoms with Crippen LogP contribution in [0, 0.1) is 0 Å². The average Bonchev–Trinajstić information content (AvgIpc) is 2.82. The number of hydrogen-bond donors (Lipinski definition) is 1. The topological polar surface area (TPSA) is 58.6 Å². The number of halogens is 1. The lowest BCUT2D eigenvalue weighted by Crippen LogP contribution is -2.50.